The van der Waals surface area contributed by atoms with Crippen LogP contribution in [0.15, 0.2) is 40.9 Å². The average molecular weight is 389 g/mol. The van der Waals surface area contributed by atoms with Crippen LogP contribution in [0.2, 0.25) is 0 Å². The Morgan fingerprint density at radius 3 is 2.59 bits per heavy atom. The Bertz CT molecular complexity index is 1130. The van der Waals surface area contributed by atoms with Crippen molar-refractivity contribution in [3.05, 3.63) is 63.5 Å². The smallest absolute Gasteiger partial charge is 0.435 e. The van der Waals surface area contributed by atoms with E-state index in [1.54, 1.807) is 26.8 Å². The largest absolute Gasteiger partial charge is 0.442 e. The van der Waals surface area contributed by atoms with Gasteiger partial charge in [0.2, 0.25) is 0 Å². The zero-order valence-corrected chi connectivity index (χ0v) is 17.4. The van der Waals surface area contributed by atoms with Gasteiger partial charge >= 0.3 is 6.09 Å². The Balaban J connectivity index is 2.15. The van der Waals surface area contributed by atoms with Gasteiger partial charge in [-0.1, -0.05) is 6.07 Å². The molecule has 0 aliphatic carbocycles. The molecule has 7 heteroatoms. The molecule has 2 aromatic rings. The lowest BCUT2D eigenvalue weighted by molar-refractivity contribution is 0.0522. The molecule has 7 nitrogen and oxygen atoms in total. The van der Waals surface area contributed by atoms with Crippen molar-refractivity contribution >= 4 is 17.0 Å². The summed E-state index contributed by atoms with van der Waals surface area (Å²) in [7, 11) is 0. The van der Waals surface area contributed by atoms with Crippen molar-refractivity contribution in [3.63, 3.8) is 0 Å². The molecule has 1 aliphatic rings. The number of carbonyl (C=O) groups excluding carboxylic acids is 1. The second-order valence-electron chi connectivity index (χ2n) is 8.08. The minimum Gasteiger partial charge on any atom is -0.442 e. The molecule has 0 fully saturated rings. The number of aryl methyl sites for hydroxylation is 1. The molecule has 1 aromatic heterocycles. The van der Waals surface area contributed by atoms with E-state index >= 15 is 0 Å². The highest BCUT2D eigenvalue weighted by molar-refractivity contribution is 5.90. The number of nitrogens with one attached hydrogen (secondary N) is 1. The van der Waals surface area contributed by atoms with Gasteiger partial charge in [-0.25, -0.2) is 9.64 Å². The van der Waals surface area contributed by atoms with Crippen molar-refractivity contribution in [1.29, 1.82) is 5.26 Å². The molecule has 1 aromatic carbocycles. The molecule has 0 radical (unpaired) electrons. The number of allylic oxidation sites excluding steroid dienone is 3. The molecule has 2 heterocycles. The third kappa shape index (κ3) is 3.60. The van der Waals surface area contributed by atoms with E-state index < -0.39 is 17.6 Å². The van der Waals surface area contributed by atoms with Crippen LogP contribution in [0.5, 0.6) is 0 Å². The average Bonchev–Trinajstić information content (AvgIpc) is 2.96. The topological polar surface area (TPSA) is 84.3 Å². The molecule has 29 heavy (non-hydrogen) atoms. The summed E-state index contributed by atoms with van der Waals surface area (Å²) in [6, 6.07) is 7.77. The molecule has 0 saturated heterocycles. The van der Waals surface area contributed by atoms with E-state index in [0.717, 1.165) is 22.3 Å². The van der Waals surface area contributed by atoms with Gasteiger partial charge in [0.1, 0.15) is 5.60 Å². The minimum absolute atomic E-state index is 0.451. The number of aromatic nitrogens is 2. The Morgan fingerprint density at radius 2 is 2.00 bits per heavy atom. The highest BCUT2D eigenvalue weighted by Crippen LogP contribution is 2.39. The first-order valence-corrected chi connectivity index (χ1v) is 9.26. The number of fused-ring (bicyclic) bond motifs is 1. The normalized spacial score (nSPS) is 17.0. The van der Waals surface area contributed by atoms with Crippen LogP contribution in [-0.4, -0.2) is 21.5 Å². The second-order valence-corrected chi connectivity index (χ2v) is 8.08. The first-order chi connectivity index (χ1) is 13.6. The van der Waals surface area contributed by atoms with Crippen LogP contribution in [-0.2, 0) is 4.74 Å². The molecule has 1 aliphatic heterocycles. The summed E-state index contributed by atoms with van der Waals surface area (Å²) in [5.41, 5.74) is 3.96. The van der Waals surface area contributed by atoms with Crippen LogP contribution in [0, 0.1) is 24.8 Å². The van der Waals surface area contributed by atoms with Gasteiger partial charge in [-0.2, -0.15) is 15.0 Å². The molecule has 1 unspecified atom stereocenters. The van der Waals surface area contributed by atoms with Crippen LogP contribution >= 0.6 is 0 Å². The third-order valence-electron chi connectivity index (χ3n) is 4.75. The van der Waals surface area contributed by atoms with E-state index in [1.165, 1.54) is 4.68 Å². The maximum Gasteiger partial charge on any atom is 0.435 e. The SMILES string of the molecule is [C-]#[N+]C1=C(C)NC(C)=C(C#N)C1c1ccc2c(c1)c(C)nn2C(=O)OC(C)(C)C. The molecule has 1 atom stereocenters. The predicted octanol–water partition coefficient (Wildman–Crippen LogP) is 4.76. The second kappa shape index (κ2) is 7.10. The van der Waals surface area contributed by atoms with Gasteiger partial charge in [0.25, 0.3) is 0 Å². The summed E-state index contributed by atoms with van der Waals surface area (Å²) < 4.78 is 6.70. The molecular weight excluding hydrogens is 366 g/mol. The van der Waals surface area contributed by atoms with E-state index in [0.29, 0.717) is 22.5 Å². The maximum absolute atomic E-state index is 12.5. The van der Waals surface area contributed by atoms with Gasteiger partial charge in [0, 0.05) is 16.8 Å². The van der Waals surface area contributed by atoms with E-state index in [-0.39, 0.29) is 0 Å². The quantitative estimate of drug-likeness (QED) is 0.711. The maximum atomic E-state index is 12.5. The number of benzene rings is 1. The molecule has 0 bridgehead atoms. The fourth-order valence-corrected chi connectivity index (χ4v) is 3.51. The number of dihydropyridines is 1. The van der Waals surface area contributed by atoms with Crippen molar-refractivity contribution in [1.82, 2.24) is 15.1 Å². The molecule has 148 valence electrons. The first kappa shape index (κ1) is 20.2. The number of ether oxygens (including phenoxy) is 1. The number of carbonyl (C=O) groups is 1. The van der Waals surface area contributed by atoms with E-state index in [2.05, 4.69) is 21.3 Å². The third-order valence-corrected chi connectivity index (χ3v) is 4.75. The Hall–Kier alpha value is -3.58. The van der Waals surface area contributed by atoms with Crippen LogP contribution in [0.1, 0.15) is 51.8 Å². The molecule has 0 amide bonds. The van der Waals surface area contributed by atoms with Crippen molar-refractivity contribution in [2.45, 2.75) is 53.1 Å². The molecule has 1 N–H and O–H groups in total. The monoisotopic (exact) mass is 389 g/mol. The number of nitriles is 1. The number of hydrogen-bond donors (Lipinski definition) is 1. The lowest BCUT2D eigenvalue weighted by atomic mass is 9.84. The molecule has 0 saturated carbocycles. The fraction of sp³-hybridized carbons (Fsp3) is 0.364. The summed E-state index contributed by atoms with van der Waals surface area (Å²) in [4.78, 5) is 16.2. The van der Waals surface area contributed by atoms with Crippen molar-refractivity contribution in [2.24, 2.45) is 0 Å². The zero-order chi connectivity index (χ0) is 21.5. The first-order valence-electron chi connectivity index (χ1n) is 9.26. The van der Waals surface area contributed by atoms with Crippen LogP contribution < -0.4 is 5.32 Å². The number of hydrogen-bond acceptors (Lipinski definition) is 5. The van der Waals surface area contributed by atoms with Crippen molar-refractivity contribution < 1.29 is 9.53 Å². The Labute approximate surface area is 170 Å². The summed E-state index contributed by atoms with van der Waals surface area (Å²) in [6.45, 7) is 18.5. The summed E-state index contributed by atoms with van der Waals surface area (Å²) in [5, 5.41) is 17.9. The number of rotatable bonds is 1. The lowest BCUT2D eigenvalue weighted by Gasteiger charge is -2.26. The van der Waals surface area contributed by atoms with Gasteiger partial charge < -0.3 is 10.1 Å². The van der Waals surface area contributed by atoms with Gasteiger partial charge in [-0.3, -0.25) is 0 Å². The lowest BCUT2D eigenvalue weighted by Crippen LogP contribution is -2.27. The summed E-state index contributed by atoms with van der Waals surface area (Å²) in [5.74, 6) is -0.451. The standard InChI is InChI=1S/C22H23N5O2/c1-12-17(11-23)19(20(24-7)14(3)25-12)15-8-9-18-16(10-15)13(2)26-27(18)21(28)29-22(4,5)6/h8-10,19,25H,1-6H3. The summed E-state index contributed by atoms with van der Waals surface area (Å²) in [6.07, 6.45) is -0.545. The summed E-state index contributed by atoms with van der Waals surface area (Å²) >= 11 is 0. The van der Waals surface area contributed by atoms with Crippen LogP contribution in [0.4, 0.5) is 4.79 Å². The predicted molar refractivity (Wildman–Crippen MR) is 110 cm³/mol. The highest BCUT2D eigenvalue weighted by Gasteiger charge is 2.31. The van der Waals surface area contributed by atoms with Gasteiger partial charge in [0.15, 0.2) is 5.70 Å². The fourth-order valence-electron chi connectivity index (χ4n) is 3.51. The van der Waals surface area contributed by atoms with Gasteiger partial charge in [-0.05, 0) is 59.2 Å². The van der Waals surface area contributed by atoms with E-state index in [1.807, 2.05) is 32.9 Å². The molecular formula is C22H23N5O2. The van der Waals surface area contributed by atoms with Gasteiger partial charge in [0.05, 0.1) is 35.3 Å². The molecule has 0 spiro atoms. The van der Waals surface area contributed by atoms with E-state index in [4.69, 9.17) is 11.3 Å². The molecule has 3 rings (SSSR count). The Morgan fingerprint density at radius 1 is 1.31 bits per heavy atom. The highest BCUT2D eigenvalue weighted by atomic mass is 16.6. The minimum atomic E-state index is -0.630. The van der Waals surface area contributed by atoms with E-state index in [9.17, 15) is 10.1 Å². The van der Waals surface area contributed by atoms with Crippen molar-refractivity contribution in [2.75, 3.05) is 0 Å². The van der Waals surface area contributed by atoms with Crippen molar-refractivity contribution in [3.8, 4) is 6.07 Å². The van der Waals surface area contributed by atoms with Crippen LogP contribution in [0.3, 0.4) is 0 Å². The zero-order valence-electron chi connectivity index (χ0n) is 17.4. The van der Waals surface area contributed by atoms with Gasteiger partial charge in [-0.15, -0.1) is 0 Å². The Kier molecular flexibility index (Phi) is 4.94. The van der Waals surface area contributed by atoms with Crippen LogP contribution in [0.25, 0.3) is 15.7 Å². The number of nitrogens with zero attached hydrogens (tertiary/aromatic N) is 4.